The molecule has 2 aromatic carbocycles. The Balaban J connectivity index is 1.44. The van der Waals surface area contributed by atoms with Gasteiger partial charge in [-0.2, -0.15) is 0 Å². The fourth-order valence-electron chi connectivity index (χ4n) is 5.07. The van der Waals surface area contributed by atoms with Crippen molar-refractivity contribution in [1.29, 1.82) is 0 Å². The summed E-state index contributed by atoms with van der Waals surface area (Å²) in [4.78, 5) is 27.6. The van der Waals surface area contributed by atoms with Gasteiger partial charge in [0.1, 0.15) is 5.82 Å². The number of halogens is 1. The van der Waals surface area contributed by atoms with E-state index in [4.69, 9.17) is 0 Å². The van der Waals surface area contributed by atoms with Gasteiger partial charge in [0.15, 0.2) is 0 Å². The maximum atomic E-state index is 14.6. The number of nitrogens with one attached hydrogen (secondary N) is 1. The molecule has 2 amide bonds. The number of rotatable bonds is 5. The zero-order valence-electron chi connectivity index (χ0n) is 18.6. The van der Waals surface area contributed by atoms with Crippen LogP contribution in [-0.2, 0) is 21.5 Å². The van der Waals surface area contributed by atoms with E-state index in [-0.39, 0.29) is 17.6 Å². The minimum absolute atomic E-state index is 0.0304. The molecule has 2 aliphatic heterocycles. The molecule has 1 fully saturated rings. The second-order valence-electron chi connectivity index (χ2n) is 8.87. The van der Waals surface area contributed by atoms with Crippen molar-refractivity contribution < 1.29 is 19.1 Å². The number of aliphatic hydroxyl groups is 1. The Bertz CT molecular complexity index is 1020. The largest absolute Gasteiger partial charge is 0.387 e. The molecular formula is C25H30FN3O3. The van der Waals surface area contributed by atoms with Crippen LogP contribution in [0, 0.1) is 5.82 Å². The van der Waals surface area contributed by atoms with Crippen LogP contribution in [0.1, 0.15) is 49.5 Å². The molecule has 32 heavy (non-hydrogen) atoms. The van der Waals surface area contributed by atoms with Gasteiger partial charge in [0.25, 0.3) is 0 Å². The van der Waals surface area contributed by atoms with Gasteiger partial charge in [0.05, 0.1) is 11.6 Å². The van der Waals surface area contributed by atoms with Crippen molar-refractivity contribution in [2.75, 3.05) is 31.1 Å². The molecule has 7 heteroatoms. The van der Waals surface area contributed by atoms with E-state index in [1.54, 1.807) is 30.0 Å². The summed E-state index contributed by atoms with van der Waals surface area (Å²) in [5.41, 5.74) is 2.63. The van der Waals surface area contributed by atoms with Gasteiger partial charge in [-0.15, -0.1) is 0 Å². The van der Waals surface area contributed by atoms with Crippen LogP contribution in [0.2, 0.25) is 0 Å². The summed E-state index contributed by atoms with van der Waals surface area (Å²) in [6.07, 6.45) is 1.27. The highest BCUT2D eigenvalue weighted by atomic mass is 19.1. The summed E-state index contributed by atoms with van der Waals surface area (Å²) in [6, 6.07) is 12.4. The number of fused-ring (bicyclic) bond motifs is 1. The van der Waals surface area contributed by atoms with Crippen LogP contribution in [0.25, 0.3) is 0 Å². The number of β-amino-alcohol motifs (C(OH)–C–C–N with tert-alkyl or cyclic N) is 1. The minimum atomic E-state index is -0.734. The monoisotopic (exact) mass is 439 g/mol. The molecular weight excluding hydrogens is 409 g/mol. The lowest BCUT2D eigenvalue weighted by Crippen LogP contribution is -2.53. The molecule has 0 spiro atoms. The number of amides is 2. The van der Waals surface area contributed by atoms with Gasteiger partial charge < -0.3 is 20.2 Å². The summed E-state index contributed by atoms with van der Waals surface area (Å²) >= 11 is 0. The SMILES string of the molecule is CC(=O)NC1(c2ccccc2F)CCN(CC(O)c2ccc3c(c2)CCN3C(C)=O)CC1. The average molecular weight is 440 g/mol. The molecule has 2 N–H and O–H groups in total. The van der Waals surface area contributed by atoms with E-state index < -0.39 is 11.6 Å². The number of carbonyl (C=O) groups is 2. The van der Waals surface area contributed by atoms with Crippen molar-refractivity contribution >= 4 is 17.5 Å². The van der Waals surface area contributed by atoms with Crippen molar-refractivity contribution in [2.45, 2.75) is 44.8 Å². The Morgan fingerprint density at radius 2 is 1.84 bits per heavy atom. The predicted molar refractivity (Wildman–Crippen MR) is 121 cm³/mol. The maximum Gasteiger partial charge on any atom is 0.223 e. The van der Waals surface area contributed by atoms with Gasteiger partial charge in [0, 0.05) is 51.3 Å². The minimum Gasteiger partial charge on any atom is -0.387 e. The standard InChI is InChI=1S/C25H30FN3O3/c1-17(30)27-25(21-5-3-4-6-22(21)26)10-13-28(14-11-25)16-24(32)20-7-8-23-19(15-20)9-12-29(23)18(2)31/h3-8,15,24,32H,9-14,16H2,1-2H3,(H,27,30). The molecule has 0 radical (unpaired) electrons. The van der Waals surface area contributed by atoms with Crippen LogP contribution in [0.15, 0.2) is 42.5 Å². The molecule has 0 aromatic heterocycles. The highest BCUT2D eigenvalue weighted by Crippen LogP contribution is 2.36. The third-order valence-corrected chi connectivity index (χ3v) is 6.71. The molecule has 1 atom stereocenters. The first-order valence-electron chi connectivity index (χ1n) is 11.1. The number of aliphatic hydroxyl groups excluding tert-OH is 1. The first kappa shape index (κ1) is 22.4. The van der Waals surface area contributed by atoms with Gasteiger partial charge in [-0.1, -0.05) is 30.3 Å². The van der Waals surface area contributed by atoms with Crippen LogP contribution in [-0.4, -0.2) is 48.0 Å². The average Bonchev–Trinajstić information content (AvgIpc) is 3.19. The first-order chi connectivity index (χ1) is 15.3. The van der Waals surface area contributed by atoms with E-state index in [1.165, 1.54) is 13.0 Å². The second kappa shape index (κ2) is 9.00. The number of anilines is 1. The molecule has 0 saturated carbocycles. The molecule has 2 aliphatic rings. The molecule has 0 bridgehead atoms. The van der Waals surface area contributed by atoms with Crippen LogP contribution >= 0.6 is 0 Å². The second-order valence-corrected chi connectivity index (χ2v) is 8.87. The van der Waals surface area contributed by atoms with E-state index in [0.717, 1.165) is 23.2 Å². The zero-order valence-corrected chi connectivity index (χ0v) is 18.6. The Hall–Kier alpha value is -2.77. The third kappa shape index (κ3) is 4.40. The van der Waals surface area contributed by atoms with E-state index in [9.17, 15) is 19.1 Å². The lowest BCUT2D eigenvalue weighted by atomic mass is 9.80. The van der Waals surface area contributed by atoms with Crippen molar-refractivity contribution in [3.05, 3.63) is 65.0 Å². The topological polar surface area (TPSA) is 72.9 Å². The summed E-state index contributed by atoms with van der Waals surface area (Å²) < 4.78 is 14.6. The van der Waals surface area contributed by atoms with Crippen LogP contribution in [0.5, 0.6) is 0 Å². The van der Waals surface area contributed by atoms with Crippen molar-refractivity contribution in [3.8, 4) is 0 Å². The molecule has 2 aromatic rings. The number of benzene rings is 2. The molecule has 170 valence electrons. The number of hydrogen-bond donors (Lipinski definition) is 2. The Labute approximate surface area is 188 Å². The smallest absolute Gasteiger partial charge is 0.223 e. The first-order valence-corrected chi connectivity index (χ1v) is 11.1. The summed E-state index contributed by atoms with van der Waals surface area (Å²) in [6.45, 7) is 5.43. The predicted octanol–water partition coefficient (Wildman–Crippen LogP) is 2.90. The van der Waals surface area contributed by atoms with Crippen LogP contribution in [0.3, 0.4) is 0 Å². The van der Waals surface area contributed by atoms with E-state index in [0.29, 0.717) is 44.6 Å². The fourth-order valence-corrected chi connectivity index (χ4v) is 5.07. The lowest BCUT2D eigenvalue weighted by Gasteiger charge is -2.43. The third-order valence-electron chi connectivity index (χ3n) is 6.71. The quantitative estimate of drug-likeness (QED) is 0.752. The molecule has 1 unspecified atom stereocenters. The summed E-state index contributed by atoms with van der Waals surface area (Å²) in [5.74, 6) is -0.463. The molecule has 4 rings (SSSR count). The Kier molecular flexibility index (Phi) is 6.31. The number of likely N-dealkylation sites (tertiary alicyclic amines) is 1. The van der Waals surface area contributed by atoms with Gasteiger partial charge >= 0.3 is 0 Å². The molecule has 2 heterocycles. The van der Waals surface area contributed by atoms with Crippen molar-refractivity contribution in [3.63, 3.8) is 0 Å². The molecule has 1 saturated heterocycles. The van der Waals surface area contributed by atoms with E-state index >= 15 is 0 Å². The zero-order chi connectivity index (χ0) is 22.9. The number of carbonyl (C=O) groups excluding carboxylic acids is 2. The number of hydrogen-bond acceptors (Lipinski definition) is 4. The number of piperidine rings is 1. The van der Waals surface area contributed by atoms with Gasteiger partial charge in [-0.25, -0.2) is 4.39 Å². The summed E-state index contributed by atoms with van der Waals surface area (Å²) in [7, 11) is 0. The van der Waals surface area contributed by atoms with Gasteiger partial charge in [-0.3, -0.25) is 9.59 Å². The molecule has 6 nitrogen and oxygen atoms in total. The van der Waals surface area contributed by atoms with Crippen LogP contribution < -0.4 is 10.2 Å². The van der Waals surface area contributed by atoms with Crippen LogP contribution in [0.4, 0.5) is 10.1 Å². The van der Waals surface area contributed by atoms with E-state index in [1.807, 2.05) is 18.2 Å². The lowest BCUT2D eigenvalue weighted by molar-refractivity contribution is -0.122. The highest BCUT2D eigenvalue weighted by molar-refractivity contribution is 5.93. The van der Waals surface area contributed by atoms with Gasteiger partial charge in [-0.05, 0) is 42.5 Å². The van der Waals surface area contributed by atoms with E-state index in [2.05, 4.69) is 10.2 Å². The highest BCUT2D eigenvalue weighted by Gasteiger charge is 2.39. The fraction of sp³-hybridized carbons (Fsp3) is 0.440. The van der Waals surface area contributed by atoms with Gasteiger partial charge in [0.2, 0.25) is 11.8 Å². The number of nitrogens with zero attached hydrogens (tertiary/aromatic N) is 2. The normalized spacial score (nSPS) is 18.8. The van der Waals surface area contributed by atoms with Crippen molar-refractivity contribution in [2.24, 2.45) is 0 Å². The maximum absolute atomic E-state index is 14.6. The summed E-state index contributed by atoms with van der Waals surface area (Å²) in [5, 5.41) is 13.9. The Morgan fingerprint density at radius 3 is 2.50 bits per heavy atom. The molecule has 0 aliphatic carbocycles. The Morgan fingerprint density at radius 1 is 1.12 bits per heavy atom. The van der Waals surface area contributed by atoms with Crippen molar-refractivity contribution in [1.82, 2.24) is 10.2 Å².